The Kier molecular flexibility index (Phi) is 3.63. The van der Waals surface area contributed by atoms with Crippen molar-refractivity contribution in [2.45, 2.75) is 18.7 Å². The molecule has 0 aromatic heterocycles. The summed E-state index contributed by atoms with van der Waals surface area (Å²) in [6.45, 7) is 5.10. The average molecular weight is 342 g/mol. The molecule has 1 unspecified atom stereocenters. The summed E-state index contributed by atoms with van der Waals surface area (Å²) in [5, 5.41) is 9.01. The van der Waals surface area contributed by atoms with Crippen molar-refractivity contribution in [3.05, 3.63) is 22.7 Å². The molecule has 102 valence electrons. The maximum Gasteiger partial charge on any atom is 0.0894 e. The fourth-order valence-electron chi connectivity index (χ4n) is 2.15. The van der Waals surface area contributed by atoms with Crippen molar-refractivity contribution < 1.29 is 4.21 Å². The van der Waals surface area contributed by atoms with Gasteiger partial charge in [-0.15, -0.1) is 0 Å². The Morgan fingerprint density at radius 1 is 1.58 bits per heavy atom. The molecule has 1 aromatic rings. The highest BCUT2D eigenvalue weighted by Crippen LogP contribution is 2.38. The van der Waals surface area contributed by atoms with Gasteiger partial charge in [0.1, 0.15) is 0 Å². The van der Waals surface area contributed by atoms with E-state index in [0.717, 1.165) is 10.2 Å². The molecule has 1 fully saturated rings. The summed E-state index contributed by atoms with van der Waals surface area (Å²) < 4.78 is 20.6. The van der Waals surface area contributed by atoms with Gasteiger partial charge in [-0.2, -0.15) is 5.26 Å². The maximum atomic E-state index is 12.0. The van der Waals surface area contributed by atoms with Gasteiger partial charge in [0.05, 0.1) is 26.9 Å². The van der Waals surface area contributed by atoms with E-state index in [9.17, 15) is 4.21 Å². The smallest absolute Gasteiger partial charge is 0.0894 e. The van der Waals surface area contributed by atoms with Crippen LogP contribution in [0.25, 0.3) is 0 Å². The number of anilines is 1. The fraction of sp³-hybridized carbons (Fsp3) is 0.462. The Morgan fingerprint density at radius 3 is 2.68 bits per heavy atom. The minimum Gasteiger partial charge on any atom is -0.367 e. The highest BCUT2D eigenvalue weighted by atomic mass is 79.9. The van der Waals surface area contributed by atoms with E-state index in [1.807, 2.05) is 13.0 Å². The quantitative estimate of drug-likeness (QED) is 0.917. The zero-order valence-corrected chi connectivity index (χ0v) is 13.3. The van der Waals surface area contributed by atoms with Gasteiger partial charge in [0, 0.05) is 28.2 Å². The van der Waals surface area contributed by atoms with E-state index in [-0.39, 0.29) is 5.41 Å². The van der Waals surface area contributed by atoms with Crippen molar-refractivity contribution in [1.29, 1.82) is 10.0 Å². The third-order valence-electron chi connectivity index (χ3n) is 3.40. The molecule has 1 heterocycles. The van der Waals surface area contributed by atoms with E-state index in [1.54, 1.807) is 19.1 Å². The zero-order chi connectivity index (χ0) is 14.3. The van der Waals surface area contributed by atoms with Gasteiger partial charge in [-0.05, 0) is 41.1 Å². The van der Waals surface area contributed by atoms with Gasteiger partial charge in [0.2, 0.25) is 0 Å². The van der Waals surface area contributed by atoms with E-state index < -0.39 is 9.73 Å². The van der Waals surface area contributed by atoms with E-state index in [1.165, 1.54) is 0 Å². The molecule has 1 aliphatic heterocycles. The largest absolute Gasteiger partial charge is 0.367 e. The maximum absolute atomic E-state index is 12.0. The third kappa shape index (κ3) is 2.63. The third-order valence-corrected chi connectivity index (χ3v) is 5.86. The lowest BCUT2D eigenvalue weighted by Crippen LogP contribution is -2.54. The summed E-state index contributed by atoms with van der Waals surface area (Å²) >= 11 is 3.47. The number of nitriles is 1. The van der Waals surface area contributed by atoms with Crippen molar-refractivity contribution in [2.24, 2.45) is 5.41 Å². The van der Waals surface area contributed by atoms with E-state index in [0.29, 0.717) is 23.7 Å². The first-order valence-corrected chi connectivity index (χ1v) is 8.55. The number of benzene rings is 1. The normalized spacial score (nSPS) is 20.2. The van der Waals surface area contributed by atoms with Crippen LogP contribution in [-0.2, 0) is 9.73 Å². The molecule has 2 rings (SSSR count). The standard InChI is InChI=1S/C13H16BrN3OS/c1-3-19(16,18)10-4-5-12(11(14)6-10)17-8-13(2,7-15)9-17/h4-6,16H,3,8-9H2,1-2H3. The highest BCUT2D eigenvalue weighted by molar-refractivity contribution is 9.10. The molecule has 1 saturated heterocycles. The second kappa shape index (κ2) is 4.80. The molecule has 0 aliphatic carbocycles. The van der Waals surface area contributed by atoms with Crippen LogP contribution in [-0.4, -0.2) is 23.1 Å². The van der Waals surface area contributed by atoms with Crippen LogP contribution in [0.5, 0.6) is 0 Å². The Labute approximate surface area is 122 Å². The lowest BCUT2D eigenvalue weighted by molar-refractivity contribution is 0.336. The molecule has 0 radical (unpaired) electrons. The Hall–Kier alpha value is -1.06. The summed E-state index contributed by atoms with van der Waals surface area (Å²) in [7, 11) is -2.68. The van der Waals surface area contributed by atoms with Crippen LogP contribution in [0.4, 0.5) is 5.69 Å². The van der Waals surface area contributed by atoms with Gasteiger partial charge < -0.3 is 4.90 Å². The van der Waals surface area contributed by atoms with Crippen LogP contribution in [0.2, 0.25) is 0 Å². The lowest BCUT2D eigenvalue weighted by Gasteiger charge is -2.45. The van der Waals surface area contributed by atoms with Crippen LogP contribution < -0.4 is 4.90 Å². The minimum absolute atomic E-state index is 0.273. The Morgan fingerprint density at radius 2 is 2.21 bits per heavy atom. The van der Waals surface area contributed by atoms with Crippen molar-refractivity contribution in [3.8, 4) is 6.07 Å². The average Bonchev–Trinajstić information content (AvgIpc) is 2.35. The molecule has 1 aromatic carbocycles. The van der Waals surface area contributed by atoms with Crippen molar-refractivity contribution in [2.75, 3.05) is 23.7 Å². The van der Waals surface area contributed by atoms with E-state index >= 15 is 0 Å². The highest BCUT2D eigenvalue weighted by Gasteiger charge is 2.39. The number of halogens is 1. The van der Waals surface area contributed by atoms with Gasteiger partial charge in [-0.25, -0.2) is 8.99 Å². The first-order valence-electron chi connectivity index (χ1n) is 6.03. The van der Waals surface area contributed by atoms with Gasteiger partial charge >= 0.3 is 0 Å². The molecule has 0 bridgehead atoms. The first kappa shape index (κ1) is 14.4. The predicted molar refractivity (Wildman–Crippen MR) is 79.7 cm³/mol. The van der Waals surface area contributed by atoms with Gasteiger partial charge in [-0.3, -0.25) is 0 Å². The Bertz CT molecular complexity index is 642. The van der Waals surface area contributed by atoms with Crippen LogP contribution in [0.1, 0.15) is 13.8 Å². The SMILES string of the molecule is CCS(=N)(=O)c1ccc(N2CC(C)(C#N)C2)c(Br)c1. The molecule has 4 nitrogen and oxygen atoms in total. The second-order valence-corrected chi connectivity index (χ2v) is 8.36. The van der Waals surface area contributed by atoms with Crippen molar-refractivity contribution in [3.63, 3.8) is 0 Å². The molecule has 19 heavy (non-hydrogen) atoms. The summed E-state index contributed by atoms with van der Waals surface area (Å²) in [5.41, 5.74) is 0.715. The second-order valence-electron chi connectivity index (χ2n) is 5.11. The van der Waals surface area contributed by atoms with Crippen LogP contribution in [0, 0.1) is 21.5 Å². The van der Waals surface area contributed by atoms with E-state index in [2.05, 4.69) is 26.9 Å². The molecule has 0 spiro atoms. The van der Waals surface area contributed by atoms with Crippen LogP contribution in [0.15, 0.2) is 27.6 Å². The van der Waals surface area contributed by atoms with Crippen molar-refractivity contribution >= 4 is 31.3 Å². The molecular weight excluding hydrogens is 326 g/mol. The molecule has 0 amide bonds. The van der Waals surface area contributed by atoms with Crippen LogP contribution >= 0.6 is 15.9 Å². The molecule has 1 atom stereocenters. The first-order chi connectivity index (χ1) is 8.81. The molecule has 1 N–H and O–H groups in total. The molecule has 0 saturated carbocycles. The number of rotatable bonds is 3. The Balaban J connectivity index is 2.26. The van der Waals surface area contributed by atoms with Crippen molar-refractivity contribution in [1.82, 2.24) is 0 Å². The summed E-state index contributed by atoms with van der Waals surface area (Å²) in [4.78, 5) is 2.66. The summed E-state index contributed by atoms with van der Waals surface area (Å²) in [6.07, 6.45) is 0. The number of hydrogen-bond acceptors (Lipinski definition) is 4. The summed E-state index contributed by atoms with van der Waals surface area (Å²) in [6, 6.07) is 7.70. The topological polar surface area (TPSA) is 68.0 Å². The zero-order valence-electron chi connectivity index (χ0n) is 10.9. The van der Waals surface area contributed by atoms with Gasteiger partial charge in [0.25, 0.3) is 0 Å². The lowest BCUT2D eigenvalue weighted by atomic mass is 9.83. The summed E-state index contributed by atoms with van der Waals surface area (Å²) in [5.74, 6) is 0.314. The molecule has 6 heteroatoms. The van der Waals surface area contributed by atoms with Gasteiger partial charge in [-0.1, -0.05) is 6.92 Å². The molecule has 1 aliphatic rings. The predicted octanol–water partition coefficient (Wildman–Crippen LogP) is 3.22. The van der Waals surface area contributed by atoms with E-state index in [4.69, 9.17) is 10.0 Å². The van der Waals surface area contributed by atoms with Gasteiger partial charge in [0.15, 0.2) is 0 Å². The number of nitrogens with one attached hydrogen (secondary N) is 1. The van der Waals surface area contributed by atoms with Crippen LogP contribution in [0.3, 0.4) is 0 Å². The minimum atomic E-state index is -2.68. The number of hydrogen-bond donors (Lipinski definition) is 1. The fourth-order valence-corrected chi connectivity index (χ4v) is 3.86. The monoisotopic (exact) mass is 341 g/mol. The number of nitrogens with zero attached hydrogens (tertiary/aromatic N) is 2. The molecular formula is C13H16BrN3OS.